The Bertz CT molecular complexity index is 3340. The fourth-order valence-electron chi connectivity index (χ4n) is 10.6. The van der Waals surface area contributed by atoms with Gasteiger partial charge in [0.15, 0.2) is 5.69 Å². The number of carbonyl (C=O) groups excluding carboxylic acids is 5. The molecule has 5 aromatic carbocycles. The number of para-hydroxylation sites is 1. The van der Waals surface area contributed by atoms with Gasteiger partial charge in [-0.1, -0.05) is 30.3 Å². The summed E-state index contributed by atoms with van der Waals surface area (Å²) in [6, 6.07) is 28.3. The lowest BCUT2D eigenvalue weighted by atomic mass is 9.79. The lowest BCUT2D eigenvalue weighted by Crippen LogP contribution is -2.52. The van der Waals surface area contributed by atoms with Gasteiger partial charge in [0.05, 0.1) is 27.6 Å². The Kier molecular flexibility index (Phi) is 11.8. The molecule has 70 heavy (non-hydrogen) atoms. The standard InChI is InChI=1S/C53H53FN10O6/c1-55-49(66)32-8-6-9-35(26-32)56-51(68)47-45-40(61(5)58-47)19-18-38(46(45)54)37-17-14-33(52(69)59(2)3)27-39(37)31-12-15-36(16-13-31)63-28-34(29-63)30-22-24-62(25-23-30)41-10-7-11-42-48(41)60(4)53(70)64(42)43-20-21-44(65)57-50(43)67/h6-19,26-27,30,34,43H,20-25,28-29H2,1-5H3,(H,55,66)(H,56,68)(H,57,65,67). The average Bonchev–Trinajstić information content (AvgIpc) is 3.83. The Labute approximate surface area is 402 Å². The molecule has 358 valence electrons. The molecule has 10 rings (SSSR count). The van der Waals surface area contributed by atoms with Crippen LogP contribution in [0.3, 0.4) is 0 Å². The first-order valence-corrected chi connectivity index (χ1v) is 23.5. The highest BCUT2D eigenvalue weighted by Crippen LogP contribution is 2.41. The summed E-state index contributed by atoms with van der Waals surface area (Å²) in [4.78, 5) is 83.7. The van der Waals surface area contributed by atoms with Gasteiger partial charge in [-0.05, 0) is 115 Å². The maximum Gasteiger partial charge on any atom is 0.329 e. The van der Waals surface area contributed by atoms with Crippen molar-refractivity contribution in [3.05, 3.63) is 130 Å². The van der Waals surface area contributed by atoms with Gasteiger partial charge in [0.25, 0.3) is 17.7 Å². The summed E-state index contributed by atoms with van der Waals surface area (Å²) in [5.41, 5.74) is 6.89. The van der Waals surface area contributed by atoms with Gasteiger partial charge in [0, 0.05) is 95.9 Å². The minimum Gasteiger partial charge on any atom is -0.371 e. The molecule has 3 saturated heterocycles. The summed E-state index contributed by atoms with van der Waals surface area (Å²) in [6.45, 7) is 3.49. The first-order valence-electron chi connectivity index (χ1n) is 23.5. The molecule has 2 aromatic heterocycles. The maximum absolute atomic E-state index is 17.1. The Morgan fingerprint density at radius 1 is 0.757 bits per heavy atom. The number of amides is 5. The van der Waals surface area contributed by atoms with E-state index in [1.165, 1.54) is 27.3 Å². The van der Waals surface area contributed by atoms with Gasteiger partial charge in [-0.3, -0.25) is 43.1 Å². The lowest BCUT2D eigenvalue weighted by molar-refractivity contribution is -0.135. The largest absolute Gasteiger partial charge is 0.371 e. The number of carbonyl (C=O) groups is 5. The Morgan fingerprint density at radius 3 is 2.20 bits per heavy atom. The number of anilines is 3. The summed E-state index contributed by atoms with van der Waals surface area (Å²) < 4.78 is 21.7. The summed E-state index contributed by atoms with van der Waals surface area (Å²) >= 11 is 0. The number of benzene rings is 5. The molecule has 5 heterocycles. The molecule has 1 unspecified atom stereocenters. The molecule has 0 radical (unpaired) electrons. The number of hydrogen-bond donors (Lipinski definition) is 3. The molecule has 0 saturated carbocycles. The number of nitrogens with one attached hydrogen (secondary N) is 3. The lowest BCUT2D eigenvalue weighted by Gasteiger charge is -2.47. The predicted octanol–water partition coefficient (Wildman–Crippen LogP) is 6.34. The minimum absolute atomic E-state index is 0.0405. The fraction of sp³-hybridized carbons (Fsp3) is 0.302. The quantitative estimate of drug-likeness (QED) is 0.132. The third kappa shape index (κ3) is 8.03. The highest BCUT2D eigenvalue weighted by atomic mass is 19.1. The van der Waals surface area contributed by atoms with Crippen molar-refractivity contribution in [2.24, 2.45) is 25.9 Å². The third-order valence-corrected chi connectivity index (χ3v) is 14.3. The summed E-state index contributed by atoms with van der Waals surface area (Å²) in [5, 5.41) is 12.2. The van der Waals surface area contributed by atoms with Crippen LogP contribution in [0.25, 0.3) is 44.2 Å². The smallest absolute Gasteiger partial charge is 0.329 e. The Balaban J connectivity index is 0.858. The molecule has 0 aliphatic carbocycles. The molecule has 3 N–H and O–H groups in total. The molecule has 0 bridgehead atoms. The van der Waals surface area contributed by atoms with E-state index in [1.807, 2.05) is 30.3 Å². The summed E-state index contributed by atoms with van der Waals surface area (Å²) in [7, 11) is 8.27. The molecule has 17 heteroatoms. The Hall–Kier alpha value is -8.08. The molecular weight excluding hydrogens is 892 g/mol. The molecule has 1 atom stereocenters. The van der Waals surface area contributed by atoms with E-state index in [4.69, 9.17) is 0 Å². The molecular formula is C53H53FN10O6. The third-order valence-electron chi connectivity index (χ3n) is 14.3. The van der Waals surface area contributed by atoms with Gasteiger partial charge < -0.3 is 25.3 Å². The first-order chi connectivity index (χ1) is 33.7. The van der Waals surface area contributed by atoms with Crippen LogP contribution >= 0.6 is 0 Å². The number of imidazole rings is 1. The van der Waals surface area contributed by atoms with E-state index in [1.54, 1.807) is 81.3 Å². The number of imide groups is 1. The van der Waals surface area contributed by atoms with E-state index in [0.717, 1.165) is 61.5 Å². The van der Waals surface area contributed by atoms with E-state index >= 15 is 4.39 Å². The van der Waals surface area contributed by atoms with E-state index < -0.39 is 23.7 Å². The average molecular weight is 945 g/mol. The maximum atomic E-state index is 17.1. The topological polar surface area (TPSA) is 176 Å². The fourth-order valence-corrected chi connectivity index (χ4v) is 10.6. The summed E-state index contributed by atoms with van der Waals surface area (Å²) in [6.07, 6.45) is 2.48. The van der Waals surface area contributed by atoms with Crippen LogP contribution in [0.2, 0.25) is 0 Å². The van der Waals surface area contributed by atoms with Crippen LogP contribution in [0.4, 0.5) is 21.5 Å². The van der Waals surface area contributed by atoms with Gasteiger partial charge >= 0.3 is 5.69 Å². The minimum atomic E-state index is -0.736. The second-order valence-electron chi connectivity index (χ2n) is 18.7. The zero-order valence-electron chi connectivity index (χ0n) is 39.6. The molecule has 5 amide bonds. The van der Waals surface area contributed by atoms with Crippen LogP contribution in [0, 0.1) is 17.7 Å². The van der Waals surface area contributed by atoms with Gasteiger partial charge in [-0.15, -0.1) is 0 Å². The van der Waals surface area contributed by atoms with Crippen molar-refractivity contribution < 1.29 is 28.4 Å². The molecule has 3 aliphatic rings. The molecule has 3 aliphatic heterocycles. The van der Waals surface area contributed by atoms with Crippen LogP contribution in [-0.2, 0) is 23.7 Å². The highest BCUT2D eigenvalue weighted by Gasteiger charge is 2.37. The number of hydrogen-bond acceptors (Lipinski definition) is 9. The van der Waals surface area contributed by atoms with Crippen molar-refractivity contribution >= 4 is 68.5 Å². The summed E-state index contributed by atoms with van der Waals surface area (Å²) in [5.74, 6) is -1.51. The van der Waals surface area contributed by atoms with Crippen LogP contribution in [-0.4, -0.2) is 101 Å². The van der Waals surface area contributed by atoms with Crippen LogP contribution in [0.15, 0.2) is 102 Å². The second kappa shape index (κ2) is 18.1. The number of halogens is 1. The van der Waals surface area contributed by atoms with Gasteiger partial charge in [0.2, 0.25) is 11.8 Å². The van der Waals surface area contributed by atoms with Gasteiger partial charge in [-0.2, -0.15) is 5.10 Å². The van der Waals surface area contributed by atoms with Crippen molar-refractivity contribution in [3.8, 4) is 22.3 Å². The second-order valence-corrected chi connectivity index (χ2v) is 18.7. The highest BCUT2D eigenvalue weighted by molar-refractivity contribution is 6.13. The number of nitrogens with zero attached hydrogens (tertiary/aromatic N) is 7. The zero-order valence-corrected chi connectivity index (χ0v) is 39.6. The molecule has 7 aromatic rings. The Morgan fingerprint density at radius 2 is 1.49 bits per heavy atom. The van der Waals surface area contributed by atoms with Crippen molar-refractivity contribution in [2.45, 2.75) is 31.7 Å². The van der Waals surface area contributed by atoms with Crippen LogP contribution in [0.5, 0.6) is 0 Å². The predicted molar refractivity (Wildman–Crippen MR) is 267 cm³/mol. The number of rotatable bonds is 10. The number of aryl methyl sites for hydroxylation is 2. The van der Waals surface area contributed by atoms with Crippen molar-refractivity contribution in [1.29, 1.82) is 0 Å². The molecule has 3 fully saturated rings. The number of fused-ring (bicyclic) bond motifs is 2. The van der Waals surface area contributed by atoms with E-state index in [0.29, 0.717) is 50.8 Å². The van der Waals surface area contributed by atoms with Crippen molar-refractivity contribution in [2.75, 3.05) is 62.4 Å². The first kappa shape index (κ1) is 45.7. The monoisotopic (exact) mass is 944 g/mol. The van der Waals surface area contributed by atoms with Crippen molar-refractivity contribution in [1.82, 2.24) is 34.4 Å². The number of piperidine rings is 2. The SMILES string of the molecule is CNC(=O)c1cccc(NC(=O)c2nn(C)c3ccc(-c4ccc(C(=O)N(C)C)cc4-c4ccc(N5CC(C6CCN(c7cccc8c7n(C)c(=O)n8C7CCC(=O)NC7=O)CC6)C5)cc4)c(F)c23)c1. The van der Waals surface area contributed by atoms with Gasteiger partial charge in [0.1, 0.15) is 11.9 Å². The van der Waals surface area contributed by atoms with E-state index in [9.17, 15) is 28.8 Å². The van der Waals surface area contributed by atoms with E-state index in [-0.39, 0.29) is 52.9 Å². The normalized spacial score (nSPS) is 16.6. The zero-order chi connectivity index (χ0) is 49.1. The molecule has 16 nitrogen and oxygen atoms in total. The van der Waals surface area contributed by atoms with E-state index in [2.05, 4.69) is 43.0 Å². The van der Waals surface area contributed by atoms with Crippen LogP contribution < -0.4 is 31.4 Å². The number of aromatic nitrogens is 4. The molecule has 0 spiro atoms. The van der Waals surface area contributed by atoms with Crippen molar-refractivity contribution in [3.63, 3.8) is 0 Å². The van der Waals surface area contributed by atoms with Gasteiger partial charge in [-0.25, -0.2) is 9.18 Å². The van der Waals surface area contributed by atoms with Crippen LogP contribution in [0.1, 0.15) is 62.9 Å².